The van der Waals surface area contributed by atoms with E-state index < -0.39 is 12.1 Å². The average Bonchev–Trinajstić information content (AvgIpc) is 3.45. The average molecular weight is 406 g/mol. The molecule has 1 aliphatic carbocycles. The molecule has 0 aliphatic heterocycles. The maximum atomic E-state index is 12.7. The highest BCUT2D eigenvalue weighted by Gasteiger charge is 2.30. The molecule has 0 radical (unpaired) electrons. The summed E-state index contributed by atoms with van der Waals surface area (Å²) in [6.45, 7) is 5.84. The lowest BCUT2D eigenvalue weighted by atomic mass is 10.1. The molecule has 1 N–H and O–H groups in total. The topological polar surface area (TPSA) is 85.6 Å². The highest BCUT2D eigenvalue weighted by molar-refractivity contribution is 5.85. The van der Waals surface area contributed by atoms with Crippen LogP contribution in [0.5, 0.6) is 0 Å². The van der Waals surface area contributed by atoms with Gasteiger partial charge < -0.3 is 10.1 Å². The van der Waals surface area contributed by atoms with Crippen molar-refractivity contribution in [3.05, 3.63) is 64.6 Å². The number of nitrogens with one attached hydrogen (secondary N) is 1. The zero-order chi connectivity index (χ0) is 21.3. The second-order valence-corrected chi connectivity index (χ2v) is 7.88. The third-order valence-corrected chi connectivity index (χ3v) is 5.38. The molecular formula is C23H26N4O3. The summed E-state index contributed by atoms with van der Waals surface area (Å²) in [5, 5.41) is 7.41. The Morgan fingerprint density at radius 2 is 1.93 bits per heavy atom. The molecule has 1 saturated carbocycles. The van der Waals surface area contributed by atoms with Crippen molar-refractivity contribution >= 4 is 17.5 Å². The first-order valence-corrected chi connectivity index (χ1v) is 10.3. The number of hydrogen-bond acceptors (Lipinski definition) is 5. The van der Waals surface area contributed by atoms with Crippen molar-refractivity contribution in [2.75, 3.05) is 0 Å². The lowest BCUT2D eigenvalue weighted by Gasteiger charge is -2.18. The van der Waals surface area contributed by atoms with Crippen molar-refractivity contribution in [2.24, 2.45) is 0 Å². The molecule has 0 spiro atoms. The molecule has 1 fully saturated rings. The molecule has 1 aliphatic rings. The summed E-state index contributed by atoms with van der Waals surface area (Å²) in [5.74, 6) is -0.676. The van der Waals surface area contributed by atoms with Gasteiger partial charge in [-0.15, -0.1) is 0 Å². The van der Waals surface area contributed by atoms with Gasteiger partial charge in [-0.1, -0.05) is 30.3 Å². The molecule has 156 valence electrons. The first-order chi connectivity index (χ1) is 14.4. The van der Waals surface area contributed by atoms with Gasteiger partial charge in [-0.25, -0.2) is 9.50 Å². The van der Waals surface area contributed by atoms with Crippen molar-refractivity contribution in [3.8, 4) is 0 Å². The minimum Gasteiger partial charge on any atom is -0.447 e. The van der Waals surface area contributed by atoms with E-state index in [0.717, 1.165) is 41.1 Å². The van der Waals surface area contributed by atoms with Crippen LogP contribution in [0.1, 0.15) is 53.6 Å². The Labute approximate surface area is 175 Å². The zero-order valence-electron chi connectivity index (χ0n) is 17.5. The van der Waals surface area contributed by atoms with E-state index in [4.69, 9.17) is 4.74 Å². The number of carbonyl (C=O) groups excluding carboxylic acids is 2. The molecule has 0 bridgehead atoms. The summed E-state index contributed by atoms with van der Waals surface area (Å²) in [6.07, 6.45) is 1.65. The molecule has 1 aromatic carbocycles. The van der Waals surface area contributed by atoms with E-state index in [9.17, 15) is 9.59 Å². The maximum absolute atomic E-state index is 12.7. The van der Waals surface area contributed by atoms with Crippen molar-refractivity contribution in [2.45, 2.75) is 58.6 Å². The maximum Gasteiger partial charge on any atom is 0.307 e. The molecule has 4 rings (SSSR count). The molecule has 0 unspecified atom stereocenters. The lowest BCUT2D eigenvalue weighted by Crippen LogP contribution is -2.33. The molecule has 30 heavy (non-hydrogen) atoms. The van der Waals surface area contributed by atoms with Gasteiger partial charge in [0.2, 0.25) is 6.10 Å². The number of aromatic nitrogens is 3. The van der Waals surface area contributed by atoms with Gasteiger partial charge in [-0.3, -0.25) is 9.59 Å². The molecule has 2 heterocycles. The van der Waals surface area contributed by atoms with E-state index in [1.807, 2.05) is 45.0 Å². The monoisotopic (exact) mass is 406 g/mol. The van der Waals surface area contributed by atoms with E-state index >= 15 is 0 Å². The van der Waals surface area contributed by atoms with Gasteiger partial charge >= 0.3 is 5.97 Å². The van der Waals surface area contributed by atoms with E-state index in [1.165, 1.54) is 0 Å². The molecular weight excluding hydrogens is 380 g/mol. The van der Waals surface area contributed by atoms with Crippen LogP contribution < -0.4 is 5.32 Å². The lowest BCUT2D eigenvalue weighted by molar-refractivity contribution is -0.156. The van der Waals surface area contributed by atoms with Crippen molar-refractivity contribution in [1.29, 1.82) is 0 Å². The number of ether oxygens (including phenoxy) is 1. The minimum atomic E-state index is -0.934. The Balaban J connectivity index is 1.47. The van der Waals surface area contributed by atoms with E-state index in [1.54, 1.807) is 16.6 Å². The number of esters is 1. The van der Waals surface area contributed by atoms with Crippen molar-refractivity contribution < 1.29 is 14.3 Å². The van der Waals surface area contributed by atoms with E-state index in [2.05, 4.69) is 15.4 Å². The summed E-state index contributed by atoms with van der Waals surface area (Å²) in [6, 6.07) is 11.3. The molecule has 1 atom stereocenters. The van der Waals surface area contributed by atoms with Crippen molar-refractivity contribution in [1.82, 2.24) is 19.9 Å². The quantitative estimate of drug-likeness (QED) is 0.609. The SMILES string of the molecule is Cc1cc2nc(C)c(CCC(=O)O[C@@H](C(=O)NC3CC3)c3ccccc3)c(C)n2n1. The van der Waals surface area contributed by atoms with Crippen LogP contribution in [0.3, 0.4) is 0 Å². The largest absolute Gasteiger partial charge is 0.447 e. The van der Waals surface area contributed by atoms with Gasteiger partial charge in [0, 0.05) is 35.5 Å². The van der Waals surface area contributed by atoms with Gasteiger partial charge in [-0.2, -0.15) is 5.10 Å². The van der Waals surface area contributed by atoms with Crippen molar-refractivity contribution in [3.63, 3.8) is 0 Å². The predicted molar refractivity (Wildman–Crippen MR) is 112 cm³/mol. The molecule has 7 nitrogen and oxygen atoms in total. The van der Waals surface area contributed by atoms with E-state index in [-0.39, 0.29) is 18.4 Å². The Hall–Kier alpha value is -3.22. The van der Waals surface area contributed by atoms with Gasteiger partial charge in [0.15, 0.2) is 5.65 Å². The molecule has 3 aromatic rings. The van der Waals surface area contributed by atoms with Gasteiger partial charge in [0.05, 0.1) is 5.69 Å². The number of hydrogen-bond donors (Lipinski definition) is 1. The van der Waals surface area contributed by atoms with Crippen LogP contribution in [-0.2, 0) is 20.7 Å². The van der Waals surface area contributed by atoms with Crippen LogP contribution in [0.15, 0.2) is 36.4 Å². The molecule has 2 aromatic heterocycles. The highest BCUT2D eigenvalue weighted by atomic mass is 16.5. The van der Waals surface area contributed by atoms with Crippen LogP contribution in [-0.4, -0.2) is 32.5 Å². The molecule has 1 amide bonds. The fourth-order valence-corrected chi connectivity index (χ4v) is 3.63. The van der Waals surface area contributed by atoms with Crippen LogP contribution >= 0.6 is 0 Å². The second-order valence-electron chi connectivity index (χ2n) is 7.88. The normalized spacial score (nSPS) is 14.5. The number of fused-ring (bicyclic) bond motifs is 1. The first-order valence-electron chi connectivity index (χ1n) is 10.3. The van der Waals surface area contributed by atoms with Gasteiger partial charge in [0.25, 0.3) is 5.91 Å². The van der Waals surface area contributed by atoms with Crippen LogP contribution in [0, 0.1) is 20.8 Å². The number of benzene rings is 1. The standard InChI is InChI=1S/C23H26N4O3/c1-14-13-20-24-15(2)19(16(3)27(20)26-14)11-12-21(28)30-22(17-7-5-4-6-8-17)23(29)25-18-9-10-18/h4-8,13,18,22H,9-12H2,1-3H3,(H,25,29)/t22-/m1/s1. The summed E-state index contributed by atoms with van der Waals surface area (Å²) in [4.78, 5) is 29.9. The second kappa shape index (κ2) is 8.26. The summed E-state index contributed by atoms with van der Waals surface area (Å²) < 4.78 is 7.43. The number of rotatable bonds is 7. The molecule has 7 heteroatoms. The Morgan fingerprint density at radius 3 is 2.63 bits per heavy atom. The minimum absolute atomic E-state index is 0.162. The van der Waals surface area contributed by atoms with Gasteiger partial charge in [-0.05, 0) is 45.6 Å². The highest BCUT2D eigenvalue weighted by Crippen LogP contribution is 2.24. The van der Waals surface area contributed by atoms with E-state index in [0.29, 0.717) is 12.0 Å². The Morgan fingerprint density at radius 1 is 1.20 bits per heavy atom. The zero-order valence-corrected chi connectivity index (χ0v) is 17.5. The van der Waals surface area contributed by atoms with Gasteiger partial charge in [0.1, 0.15) is 0 Å². The number of nitrogens with zero attached hydrogens (tertiary/aromatic N) is 3. The summed E-state index contributed by atoms with van der Waals surface area (Å²) in [5.41, 5.74) is 5.18. The van der Waals surface area contributed by atoms with Crippen LogP contribution in [0.25, 0.3) is 5.65 Å². The number of amides is 1. The number of carbonyl (C=O) groups is 2. The summed E-state index contributed by atoms with van der Waals surface area (Å²) >= 11 is 0. The third-order valence-electron chi connectivity index (χ3n) is 5.38. The summed E-state index contributed by atoms with van der Waals surface area (Å²) in [7, 11) is 0. The van der Waals surface area contributed by atoms with Crippen LogP contribution in [0.2, 0.25) is 0 Å². The fourth-order valence-electron chi connectivity index (χ4n) is 3.63. The Kier molecular flexibility index (Phi) is 5.53. The fraction of sp³-hybridized carbons (Fsp3) is 0.391. The number of aryl methyl sites for hydroxylation is 3. The molecule has 0 saturated heterocycles. The smallest absolute Gasteiger partial charge is 0.307 e. The third kappa shape index (κ3) is 4.35. The Bertz CT molecular complexity index is 1090. The predicted octanol–water partition coefficient (Wildman–Crippen LogP) is 3.15. The van der Waals surface area contributed by atoms with Crippen LogP contribution in [0.4, 0.5) is 0 Å². The first kappa shape index (κ1) is 20.1.